The number of carbonyl (C=O) groups excluding carboxylic acids is 1. The first-order valence-electron chi connectivity index (χ1n) is 8.40. The maximum Gasteiger partial charge on any atom is 0.311 e. The standard InChI is InChI=1S/C16H25NO6/c18-14(3-7-23-13-1-5-21-6-2-13)17-9-12-10-22-8-4-16(12,11-17)15(19)20/h12-13H,1-11H2,(H,19,20)/t12-,16+/m0/s1. The lowest BCUT2D eigenvalue weighted by Gasteiger charge is -2.33. The molecule has 0 saturated carbocycles. The van der Waals surface area contributed by atoms with Crippen molar-refractivity contribution in [1.29, 1.82) is 0 Å². The van der Waals surface area contributed by atoms with Crippen molar-refractivity contribution < 1.29 is 28.9 Å². The lowest BCUT2D eigenvalue weighted by molar-refractivity contribution is -0.157. The second-order valence-corrected chi connectivity index (χ2v) is 6.69. The van der Waals surface area contributed by atoms with Gasteiger partial charge < -0.3 is 24.2 Å². The first kappa shape index (κ1) is 16.7. The highest BCUT2D eigenvalue weighted by molar-refractivity contribution is 5.81. The molecule has 0 aliphatic carbocycles. The molecule has 7 nitrogen and oxygen atoms in total. The summed E-state index contributed by atoms with van der Waals surface area (Å²) in [6.45, 7) is 3.48. The van der Waals surface area contributed by atoms with Crippen LogP contribution >= 0.6 is 0 Å². The quantitative estimate of drug-likeness (QED) is 0.792. The van der Waals surface area contributed by atoms with Crippen LogP contribution in [0.25, 0.3) is 0 Å². The molecule has 3 fully saturated rings. The van der Waals surface area contributed by atoms with Crippen molar-refractivity contribution in [3.63, 3.8) is 0 Å². The normalized spacial score (nSPS) is 31.8. The molecule has 7 heteroatoms. The summed E-state index contributed by atoms with van der Waals surface area (Å²) in [5, 5.41) is 9.61. The van der Waals surface area contributed by atoms with E-state index < -0.39 is 11.4 Å². The minimum absolute atomic E-state index is 0.0212. The monoisotopic (exact) mass is 327 g/mol. The Balaban J connectivity index is 1.49. The Morgan fingerprint density at radius 2 is 2.00 bits per heavy atom. The van der Waals surface area contributed by atoms with E-state index in [4.69, 9.17) is 14.2 Å². The number of likely N-dealkylation sites (tertiary alicyclic amines) is 1. The molecule has 1 N–H and O–H groups in total. The fourth-order valence-corrected chi connectivity index (χ4v) is 3.80. The van der Waals surface area contributed by atoms with Crippen molar-refractivity contribution in [3.05, 3.63) is 0 Å². The fraction of sp³-hybridized carbons (Fsp3) is 0.875. The first-order chi connectivity index (χ1) is 11.1. The molecule has 1 amide bonds. The summed E-state index contributed by atoms with van der Waals surface area (Å²) in [6, 6.07) is 0. The third-order valence-electron chi connectivity index (χ3n) is 5.32. The van der Waals surface area contributed by atoms with Crippen LogP contribution in [0.2, 0.25) is 0 Å². The van der Waals surface area contributed by atoms with Gasteiger partial charge in [0.1, 0.15) is 0 Å². The highest BCUT2D eigenvalue weighted by Crippen LogP contribution is 2.42. The molecule has 0 unspecified atom stereocenters. The number of ether oxygens (including phenoxy) is 3. The van der Waals surface area contributed by atoms with Crippen LogP contribution in [-0.2, 0) is 23.8 Å². The van der Waals surface area contributed by atoms with Crippen LogP contribution in [0.4, 0.5) is 0 Å². The van der Waals surface area contributed by atoms with Crippen LogP contribution < -0.4 is 0 Å². The Morgan fingerprint density at radius 1 is 1.22 bits per heavy atom. The summed E-state index contributed by atoms with van der Waals surface area (Å²) in [7, 11) is 0. The van der Waals surface area contributed by atoms with Crippen LogP contribution in [0.3, 0.4) is 0 Å². The third-order valence-corrected chi connectivity index (χ3v) is 5.32. The van der Waals surface area contributed by atoms with Gasteiger partial charge in [-0.3, -0.25) is 9.59 Å². The molecule has 3 aliphatic heterocycles. The summed E-state index contributed by atoms with van der Waals surface area (Å²) in [6.07, 6.45) is 2.71. The molecule has 3 saturated heterocycles. The van der Waals surface area contributed by atoms with Crippen LogP contribution in [0, 0.1) is 11.3 Å². The largest absolute Gasteiger partial charge is 0.481 e. The smallest absolute Gasteiger partial charge is 0.311 e. The number of rotatable bonds is 5. The fourth-order valence-electron chi connectivity index (χ4n) is 3.80. The summed E-state index contributed by atoms with van der Waals surface area (Å²) in [5.41, 5.74) is -0.824. The van der Waals surface area contributed by atoms with E-state index in [-0.39, 0.29) is 17.9 Å². The molecule has 3 aliphatic rings. The van der Waals surface area contributed by atoms with Gasteiger partial charge in [-0.25, -0.2) is 0 Å². The molecule has 23 heavy (non-hydrogen) atoms. The highest BCUT2D eigenvalue weighted by Gasteiger charge is 2.54. The number of hydrogen-bond donors (Lipinski definition) is 1. The van der Waals surface area contributed by atoms with E-state index in [1.54, 1.807) is 4.90 Å². The van der Waals surface area contributed by atoms with Crippen molar-refractivity contribution in [2.75, 3.05) is 46.1 Å². The molecule has 0 spiro atoms. The maximum absolute atomic E-state index is 12.4. The molecular weight excluding hydrogens is 302 g/mol. The predicted octanol–water partition coefficient (Wildman–Crippen LogP) is 0.522. The molecule has 3 rings (SSSR count). The molecular formula is C16H25NO6. The second kappa shape index (κ2) is 7.15. The Hall–Kier alpha value is -1.18. The van der Waals surface area contributed by atoms with Crippen molar-refractivity contribution in [1.82, 2.24) is 4.90 Å². The van der Waals surface area contributed by atoms with Gasteiger partial charge in [0, 0.05) is 38.8 Å². The van der Waals surface area contributed by atoms with Gasteiger partial charge in [0.2, 0.25) is 5.91 Å². The van der Waals surface area contributed by atoms with Crippen molar-refractivity contribution in [2.45, 2.75) is 31.8 Å². The van der Waals surface area contributed by atoms with Crippen molar-refractivity contribution >= 4 is 11.9 Å². The zero-order chi connectivity index (χ0) is 16.3. The molecule has 130 valence electrons. The number of amides is 1. The number of nitrogens with zero attached hydrogens (tertiary/aromatic N) is 1. The van der Waals surface area contributed by atoms with Gasteiger partial charge in [-0.2, -0.15) is 0 Å². The second-order valence-electron chi connectivity index (χ2n) is 6.69. The Morgan fingerprint density at radius 3 is 2.70 bits per heavy atom. The minimum Gasteiger partial charge on any atom is -0.481 e. The summed E-state index contributed by atoms with van der Waals surface area (Å²) >= 11 is 0. The van der Waals surface area contributed by atoms with Gasteiger partial charge in [0.15, 0.2) is 0 Å². The van der Waals surface area contributed by atoms with Gasteiger partial charge in [-0.05, 0) is 19.3 Å². The summed E-state index contributed by atoms with van der Waals surface area (Å²) < 4.78 is 16.4. The lowest BCUT2D eigenvalue weighted by atomic mass is 9.74. The van der Waals surface area contributed by atoms with Gasteiger partial charge in [-0.15, -0.1) is 0 Å². The number of hydrogen-bond acceptors (Lipinski definition) is 5. The average Bonchev–Trinajstić information content (AvgIpc) is 2.97. The zero-order valence-electron chi connectivity index (χ0n) is 13.4. The van der Waals surface area contributed by atoms with E-state index in [1.165, 1.54) is 0 Å². The Labute approximate surface area is 135 Å². The van der Waals surface area contributed by atoms with Crippen LogP contribution in [0.1, 0.15) is 25.7 Å². The average molecular weight is 327 g/mol. The number of carbonyl (C=O) groups is 2. The number of carboxylic acid groups (broad SMARTS) is 1. The van der Waals surface area contributed by atoms with Crippen LogP contribution in [-0.4, -0.2) is 74.1 Å². The third kappa shape index (κ3) is 3.51. The highest BCUT2D eigenvalue weighted by atomic mass is 16.5. The number of carboxylic acids is 1. The Bertz CT molecular complexity index is 450. The van der Waals surface area contributed by atoms with Crippen LogP contribution in [0.15, 0.2) is 0 Å². The van der Waals surface area contributed by atoms with E-state index in [2.05, 4.69) is 0 Å². The van der Waals surface area contributed by atoms with Crippen molar-refractivity contribution in [2.24, 2.45) is 11.3 Å². The number of fused-ring (bicyclic) bond motifs is 1. The van der Waals surface area contributed by atoms with E-state index in [9.17, 15) is 14.7 Å². The van der Waals surface area contributed by atoms with E-state index in [0.717, 1.165) is 12.8 Å². The van der Waals surface area contributed by atoms with Crippen LogP contribution in [0.5, 0.6) is 0 Å². The predicted molar refractivity (Wildman–Crippen MR) is 80.0 cm³/mol. The summed E-state index contributed by atoms with van der Waals surface area (Å²) in [5.74, 6) is -0.930. The number of aliphatic carboxylic acids is 1. The van der Waals surface area contributed by atoms with E-state index in [0.29, 0.717) is 59.0 Å². The van der Waals surface area contributed by atoms with Crippen molar-refractivity contribution in [3.8, 4) is 0 Å². The topological polar surface area (TPSA) is 85.3 Å². The van der Waals surface area contributed by atoms with E-state index in [1.807, 2.05) is 0 Å². The molecule has 2 atom stereocenters. The molecule has 0 aromatic rings. The van der Waals surface area contributed by atoms with Gasteiger partial charge in [0.25, 0.3) is 0 Å². The van der Waals surface area contributed by atoms with Gasteiger partial charge >= 0.3 is 5.97 Å². The van der Waals surface area contributed by atoms with E-state index >= 15 is 0 Å². The maximum atomic E-state index is 12.4. The Kier molecular flexibility index (Phi) is 5.18. The molecule has 3 heterocycles. The zero-order valence-corrected chi connectivity index (χ0v) is 13.4. The summed E-state index contributed by atoms with van der Waals surface area (Å²) in [4.78, 5) is 25.8. The minimum atomic E-state index is -0.824. The SMILES string of the molecule is O=C(CCOC1CCOCC1)N1C[C@H]2COCC[C@@]2(C(=O)O)C1. The molecule has 0 radical (unpaired) electrons. The molecule has 0 aromatic carbocycles. The van der Waals surface area contributed by atoms with Gasteiger partial charge in [-0.1, -0.05) is 0 Å². The lowest BCUT2D eigenvalue weighted by Crippen LogP contribution is -2.45. The molecule has 0 bridgehead atoms. The van der Waals surface area contributed by atoms with Gasteiger partial charge in [0.05, 0.1) is 31.2 Å². The molecule has 0 aromatic heterocycles. The first-order valence-corrected chi connectivity index (χ1v) is 8.40.